The minimum atomic E-state index is -0.193. The first-order valence-electron chi connectivity index (χ1n) is 7.93. The molecule has 0 spiro atoms. The molecular formula is C16H16N6O2S. The molecule has 0 aliphatic heterocycles. The lowest BCUT2D eigenvalue weighted by Crippen LogP contribution is -2.14. The molecule has 8 nitrogen and oxygen atoms in total. The molecule has 0 saturated heterocycles. The zero-order valence-electron chi connectivity index (χ0n) is 13.5. The van der Waals surface area contributed by atoms with Crippen LogP contribution in [0.3, 0.4) is 0 Å². The first-order chi connectivity index (χ1) is 12.2. The third kappa shape index (κ3) is 3.71. The molecule has 2 heterocycles. The van der Waals surface area contributed by atoms with E-state index in [9.17, 15) is 4.79 Å². The van der Waals surface area contributed by atoms with Gasteiger partial charge in [-0.15, -0.1) is 5.10 Å². The van der Waals surface area contributed by atoms with Gasteiger partial charge in [-0.1, -0.05) is 46.7 Å². The Hall–Kier alpha value is -2.68. The summed E-state index contributed by atoms with van der Waals surface area (Å²) in [6.45, 7) is 2.02. The maximum atomic E-state index is 12.1. The molecule has 1 aliphatic rings. The van der Waals surface area contributed by atoms with Crippen LogP contribution in [0.2, 0.25) is 0 Å². The van der Waals surface area contributed by atoms with E-state index in [0.717, 1.165) is 18.4 Å². The monoisotopic (exact) mass is 356 g/mol. The number of carbonyl (C=O) groups excluding carboxylic acids is 1. The molecule has 0 bridgehead atoms. The van der Waals surface area contributed by atoms with Gasteiger partial charge < -0.3 is 4.52 Å². The van der Waals surface area contributed by atoms with Crippen molar-refractivity contribution in [2.24, 2.45) is 0 Å². The topological polar surface area (TPSA) is 98.7 Å². The number of benzene rings is 1. The summed E-state index contributed by atoms with van der Waals surface area (Å²) in [5.41, 5.74) is 2.79. The lowest BCUT2D eigenvalue weighted by atomic mass is 10.1. The van der Waals surface area contributed by atoms with Crippen molar-refractivity contribution < 1.29 is 9.32 Å². The van der Waals surface area contributed by atoms with Gasteiger partial charge >= 0.3 is 0 Å². The van der Waals surface area contributed by atoms with Crippen LogP contribution in [0.1, 0.15) is 24.4 Å². The summed E-state index contributed by atoms with van der Waals surface area (Å²) in [6, 6.07) is 10.0. The summed E-state index contributed by atoms with van der Waals surface area (Å²) in [5, 5.41) is 18.9. The van der Waals surface area contributed by atoms with Crippen LogP contribution in [0.25, 0.3) is 11.3 Å². The summed E-state index contributed by atoms with van der Waals surface area (Å²) < 4.78 is 6.97. The first kappa shape index (κ1) is 15.8. The normalized spacial score (nSPS) is 13.8. The average molecular weight is 356 g/mol. The van der Waals surface area contributed by atoms with Gasteiger partial charge in [0.05, 0.1) is 11.8 Å². The van der Waals surface area contributed by atoms with E-state index in [0.29, 0.717) is 22.8 Å². The van der Waals surface area contributed by atoms with Crippen molar-refractivity contribution in [1.29, 1.82) is 0 Å². The Morgan fingerprint density at radius 1 is 1.36 bits per heavy atom. The summed E-state index contributed by atoms with van der Waals surface area (Å²) >= 11 is 1.31. The Balaban J connectivity index is 1.35. The van der Waals surface area contributed by atoms with Gasteiger partial charge in [-0.2, -0.15) is 0 Å². The predicted molar refractivity (Wildman–Crippen MR) is 92.1 cm³/mol. The fourth-order valence-corrected chi connectivity index (χ4v) is 3.07. The van der Waals surface area contributed by atoms with Crippen molar-refractivity contribution in [1.82, 2.24) is 25.4 Å². The number of tetrazole rings is 1. The second-order valence-corrected chi connectivity index (χ2v) is 6.86. The molecule has 1 fully saturated rings. The van der Waals surface area contributed by atoms with Crippen molar-refractivity contribution in [2.45, 2.75) is 31.0 Å². The Labute approximate surface area is 148 Å². The van der Waals surface area contributed by atoms with Crippen LogP contribution >= 0.6 is 11.8 Å². The minimum absolute atomic E-state index is 0.193. The van der Waals surface area contributed by atoms with Crippen molar-refractivity contribution in [3.05, 3.63) is 35.9 Å². The van der Waals surface area contributed by atoms with Gasteiger partial charge in [0.15, 0.2) is 0 Å². The molecule has 0 unspecified atom stereocenters. The number of thioether (sulfide) groups is 1. The van der Waals surface area contributed by atoms with Gasteiger partial charge in [0, 0.05) is 11.6 Å². The quantitative estimate of drug-likeness (QED) is 0.678. The van der Waals surface area contributed by atoms with Crippen LogP contribution in [-0.4, -0.2) is 37.0 Å². The largest absolute Gasteiger partial charge is 0.338 e. The number of amides is 1. The number of aromatic nitrogens is 5. The van der Waals surface area contributed by atoms with Crippen molar-refractivity contribution in [3.63, 3.8) is 0 Å². The second-order valence-electron chi connectivity index (χ2n) is 5.92. The molecule has 1 aliphatic carbocycles. The summed E-state index contributed by atoms with van der Waals surface area (Å²) in [5.74, 6) is 0.332. The molecule has 1 saturated carbocycles. The zero-order valence-corrected chi connectivity index (χ0v) is 14.4. The standard InChI is InChI=1S/C16H16N6O2S/c1-10-2-4-11(5-3-10)13-8-15(24-19-13)17-14(23)9-25-16-18-20-21-22(16)12-6-7-12/h2-5,8,12H,6-7,9H2,1H3,(H,17,23). The first-order valence-corrected chi connectivity index (χ1v) is 8.92. The highest BCUT2D eigenvalue weighted by Gasteiger charge is 2.28. The number of nitrogens with zero attached hydrogens (tertiary/aromatic N) is 5. The Kier molecular flexibility index (Phi) is 4.22. The van der Waals surface area contributed by atoms with Gasteiger partial charge in [-0.3, -0.25) is 10.1 Å². The lowest BCUT2D eigenvalue weighted by molar-refractivity contribution is -0.113. The number of hydrogen-bond acceptors (Lipinski definition) is 7. The molecule has 4 rings (SSSR count). The molecule has 3 aromatic rings. The van der Waals surface area contributed by atoms with Crippen molar-refractivity contribution in [3.8, 4) is 11.3 Å². The summed E-state index contributed by atoms with van der Waals surface area (Å²) in [4.78, 5) is 12.1. The molecule has 25 heavy (non-hydrogen) atoms. The molecule has 9 heteroatoms. The third-order valence-electron chi connectivity index (χ3n) is 3.81. The molecule has 128 valence electrons. The van der Waals surface area contributed by atoms with E-state index >= 15 is 0 Å². The van der Waals surface area contributed by atoms with E-state index in [1.54, 1.807) is 10.7 Å². The van der Waals surface area contributed by atoms with Crippen LogP contribution in [0.5, 0.6) is 0 Å². The fraction of sp³-hybridized carbons (Fsp3) is 0.312. The fourth-order valence-electron chi connectivity index (χ4n) is 2.33. The summed E-state index contributed by atoms with van der Waals surface area (Å²) in [6.07, 6.45) is 2.18. The maximum absolute atomic E-state index is 12.1. The van der Waals surface area contributed by atoms with E-state index in [1.807, 2.05) is 31.2 Å². The van der Waals surface area contributed by atoms with Crippen LogP contribution in [-0.2, 0) is 4.79 Å². The molecule has 0 radical (unpaired) electrons. The van der Waals surface area contributed by atoms with Gasteiger partial charge in [0.1, 0.15) is 5.69 Å². The highest BCUT2D eigenvalue weighted by molar-refractivity contribution is 7.99. The number of anilines is 1. The lowest BCUT2D eigenvalue weighted by Gasteiger charge is -2.02. The average Bonchev–Trinajstić information content (AvgIpc) is 3.16. The number of rotatable bonds is 6. The number of hydrogen-bond donors (Lipinski definition) is 1. The molecule has 1 amide bonds. The SMILES string of the molecule is Cc1ccc(-c2cc(NC(=O)CSc3nnnn3C3CC3)on2)cc1. The minimum Gasteiger partial charge on any atom is -0.338 e. The van der Waals surface area contributed by atoms with E-state index < -0.39 is 0 Å². The van der Waals surface area contributed by atoms with E-state index in [2.05, 4.69) is 26.0 Å². The predicted octanol–water partition coefficient (Wildman–Crippen LogP) is 2.70. The van der Waals surface area contributed by atoms with Crippen LogP contribution in [0.4, 0.5) is 5.88 Å². The Morgan fingerprint density at radius 3 is 2.92 bits per heavy atom. The summed E-state index contributed by atoms with van der Waals surface area (Å²) in [7, 11) is 0. The molecule has 1 aromatic carbocycles. The number of aryl methyl sites for hydroxylation is 1. The highest BCUT2D eigenvalue weighted by atomic mass is 32.2. The molecule has 1 N–H and O–H groups in total. The third-order valence-corrected chi connectivity index (χ3v) is 4.74. The molecule has 2 aromatic heterocycles. The highest BCUT2D eigenvalue weighted by Crippen LogP contribution is 2.36. The van der Waals surface area contributed by atoms with Gasteiger partial charge in [-0.25, -0.2) is 4.68 Å². The zero-order chi connectivity index (χ0) is 17.2. The van der Waals surface area contributed by atoms with Gasteiger partial charge in [0.25, 0.3) is 0 Å². The van der Waals surface area contributed by atoms with E-state index in [4.69, 9.17) is 4.52 Å². The van der Waals surface area contributed by atoms with Gasteiger partial charge in [-0.05, 0) is 30.2 Å². The Morgan fingerprint density at radius 2 is 2.16 bits per heavy atom. The molecule has 0 atom stereocenters. The number of carbonyl (C=O) groups is 1. The van der Waals surface area contributed by atoms with Crippen molar-refractivity contribution >= 4 is 23.6 Å². The van der Waals surface area contributed by atoms with Crippen LogP contribution < -0.4 is 5.32 Å². The van der Waals surface area contributed by atoms with E-state index in [1.165, 1.54) is 17.3 Å². The second kappa shape index (κ2) is 6.67. The van der Waals surface area contributed by atoms with E-state index in [-0.39, 0.29) is 11.7 Å². The Bertz CT molecular complexity index is 884. The maximum Gasteiger partial charge on any atom is 0.237 e. The molecular weight excluding hydrogens is 340 g/mol. The smallest absolute Gasteiger partial charge is 0.237 e. The number of nitrogens with one attached hydrogen (secondary N) is 1. The van der Waals surface area contributed by atoms with Gasteiger partial charge in [0.2, 0.25) is 16.9 Å². The van der Waals surface area contributed by atoms with Crippen LogP contribution in [0, 0.1) is 6.92 Å². The van der Waals surface area contributed by atoms with Crippen molar-refractivity contribution in [2.75, 3.05) is 11.1 Å². The van der Waals surface area contributed by atoms with Crippen LogP contribution in [0.15, 0.2) is 40.0 Å².